The number of aromatic nitrogens is 3. The monoisotopic (exact) mass is 638 g/mol. The van der Waals surface area contributed by atoms with Crippen LogP contribution in [-0.2, 0) is 32.5 Å². The smallest absolute Gasteiger partial charge is 0.326 e. The number of ether oxygens (including phenoxy) is 4. The molecular weight excluding hydrogens is 607 g/mol. The van der Waals surface area contributed by atoms with Crippen LogP contribution in [0.5, 0.6) is 5.75 Å². The van der Waals surface area contributed by atoms with E-state index in [1.807, 2.05) is 0 Å². The van der Waals surface area contributed by atoms with Crippen molar-refractivity contribution in [3.05, 3.63) is 74.4 Å². The molecule has 0 fully saturated rings. The average molecular weight is 639 g/mol. The quantitative estimate of drug-likeness (QED) is 0.174. The highest BCUT2D eigenvalue weighted by atomic mass is 35.5. The molecule has 232 valence electrons. The first kappa shape index (κ1) is 33.9. The van der Waals surface area contributed by atoms with Crippen LogP contribution in [0.15, 0.2) is 47.7 Å². The molecule has 0 aliphatic rings. The zero-order chi connectivity index (χ0) is 31.2. The van der Waals surface area contributed by atoms with Crippen LogP contribution in [0, 0.1) is 0 Å². The minimum Gasteiger partial charge on any atom is -0.489 e. The first-order valence-corrected chi connectivity index (χ1v) is 13.9. The van der Waals surface area contributed by atoms with Crippen molar-refractivity contribution in [1.29, 1.82) is 0 Å². The molecule has 1 atom stereocenters. The molecule has 0 radical (unpaired) electrons. The van der Waals surface area contributed by atoms with Gasteiger partial charge in [-0.2, -0.15) is 5.10 Å². The van der Waals surface area contributed by atoms with Crippen LogP contribution in [0.25, 0.3) is 11.1 Å². The van der Waals surface area contributed by atoms with E-state index in [2.05, 4.69) is 15.4 Å². The van der Waals surface area contributed by atoms with Crippen molar-refractivity contribution < 1.29 is 38.7 Å². The van der Waals surface area contributed by atoms with Crippen molar-refractivity contribution in [3.8, 4) is 16.9 Å². The topological polar surface area (TPSA) is 171 Å². The van der Waals surface area contributed by atoms with Crippen LogP contribution in [0.4, 0.5) is 0 Å². The molecular formula is C28H32Cl2N4O9. The van der Waals surface area contributed by atoms with Gasteiger partial charge in [0.05, 0.1) is 73.6 Å². The van der Waals surface area contributed by atoms with E-state index in [1.165, 1.54) is 30.3 Å². The molecule has 2 aromatic heterocycles. The molecule has 1 aromatic carbocycles. The number of nitrogens with one attached hydrogen (secondary N) is 1. The first-order valence-electron chi connectivity index (χ1n) is 13.2. The lowest BCUT2D eigenvalue weighted by atomic mass is 10.0. The maximum Gasteiger partial charge on any atom is 0.326 e. The second kappa shape index (κ2) is 17.5. The summed E-state index contributed by atoms with van der Waals surface area (Å²) in [6.45, 7) is 2.12. The van der Waals surface area contributed by atoms with Crippen molar-refractivity contribution in [2.24, 2.45) is 7.05 Å². The molecule has 1 amide bonds. The number of halogens is 2. The first-order chi connectivity index (χ1) is 20.7. The molecule has 3 N–H and O–H groups in total. The van der Waals surface area contributed by atoms with E-state index in [4.69, 9.17) is 47.3 Å². The second-order valence-electron chi connectivity index (χ2n) is 8.97. The SMILES string of the molecule is Cn1ncc(OCCOCCOCCOCCO)c(-c2ccc(C[C@H](NC(=O)c3c(Cl)cncc3Cl)C(=O)O)cc2)c1=O. The predicted octanol–water partition coefficient (Wildman–Crippen LogP) is 2.00. The summed E-state index contributed by atoms with van der Waals surface area (Å²) < 4.78 is 22.9. The lowest BCUT2D eigenvalue weighted by molar-refractivity contribution is -0.139. The number of aliphatic hydroxyl groups is 1. The lowest BCUT2D eigenvalue weighted by Crippen LogP contribution is -2.42. The molecule has 0 bridgehead atoms. The molecule has 0 spiro atoms. The summed E-state index contributed by atoms with van der Waals surface area (Å²) in [5.74, 6) is -1.74. The number of nitrogens with zero attached hydrogens (tertiary/aromatic N) is 3. The molecule has 43 heavy (non-hydrogen) atoms. The third-order valence-corrected chi connectivity index (χ3v) is 6.51. The summed E-state index contributed by atoms with van der Waals surface area (Å²) in [4.78, 5) is 41.4. The van der Waals surface area contributed by atoms with Gasteiger partial charge in [0, 0.05) is 25.9 Å². The number of benzene rings is 1. The van der Waals surface area contributed by atoms with Gasteiger partial charge in [0.2, 0.25) is 0 Å². The number of carbonyl (C=O) groups excluding carboxylic acids is 1. The largest absolute Gasteiger partial charge is 0.489 e. The number of aliphatic hydroxyl groups excluding tert-OH is 1. The molecule has 3 aromatic rings. The Balaban J connectivity index is 1.60. The van der Waals surface area contributed by atoms with E-state index >= 15 is 0 Å². The van der Waals surface area contributed by atoms with Crippen LogP contribution in [-0.4, -0.2) is 95.8 Å². The minimum absolute atomic E-state index is 0.00665. The number of hydrogen-bond acceptors (Lipinski definition) is 10. The van der Waals surface area contributed by atoms with Crippen molar-refractivity contribution in [3.63, 3.8) is 0 Å². The number of rotatable bonds is 18. The normalized spacial score (nSPS) is 11.7. The standard InChI is InChI=1S/C28H32Cl2N4O9/c1-34-27(37)24(23(17-32-34)43-13-12-42-11-10-41-9-8-40-7-6-35)19-4-2-18(3-5-19)14-22(28(38)39)33-26(36)25-20(29)15-31-16-21(25)30/h2-5,15-17,22,35H,6-14H2,1H3,(H,33,36)(H,38,39)/t22-/m0/s1. The zero-order valence-corrected chi connectivity index (χ0v) is 24.8. The van der Waals surface area contributed by atoms with Gasteiger partial charge in [0.15, 0.2) is 5.75 Å². The Kier molecular flexibility index (Phi) is 13.8. The van der Waals surface area contributed by atoms with Gasteiger partial charge in [-0.25, -0.2) is 9.48 Å². The molecule has 0 saturated carbocycles. The lowest BCUT2D eigenvalue weighted by Gasteiger charge is -2.16. The highest BCUT2D eigenvalue weighted by Crippen LogP contribution is 2.27. The Morgan fingerprint density at radius 3 is 2.09 bits per heavy atom. The van der Waals surface area contributed by atoms with Gasteiger partial charge in [0.1, 0.15) is 12.6 Å². The zero-order valence-electron chi connectivity index (χ0n) is 23.3. The number of pyridine rings is 1. The molecule has 0 saturated heterocycles. The van der Waals surface area contributed by atoms with E-state index in [-0.39, 0.29) is 65.3 Å². The van der Waals surface area contributed by atoms with Crippen molar-refractivity contribution in [1.82, 2.24) is 20.1 Å². The summed E-state index contributed by atoms with van der Waals surface area (Å²) in [5, 5.41) is 24.8. The van der Waals surface area contributed by atoms with Crippen LogP contribution in [0.1, 0.15) is 15.9 Å². The van der Waals surface area contributed by atoms with Gasteiger partial charge in [-0.1, -0.05) is 47.5 Å². The molecule has 13 nitrogen and oxygen atoms in total. The number of amides is 1. The fourth-order valence-corrected chi connectivity index (χ4v) is 4.35. The van der Waals surface area contributed by atoms with Gasteiger partial charge in [-0.05, 0) is 11.1 Å². The Morgan fingerprint density at radius 1 is 0.930 bits per heavy atom. The van der Waals surface area contributed by atoms with Crippen LogP contribution in [0.3, 0.4) is 0 Å². The number of aryl methyl sites for hydroxylation is 1. The summed E-state index contributed by atoms with van der Waals surface area (Å²) >= 11 is 12.0. The van der Waals surface area contributed by atoms with E-state index in [0.717, 1.165) is 0 Å². The van der Waals surface area contributed by atoms with Gasteiger partial charge in [0.25, 0.3) is 11.5 Å². The van der Waals surface area contributed by atoms with Gasteiger partial charge >= 0.3 is 5.97 Å². The van der Waals surface area contributed by atoms with Crippen LogP contribution < -0.4 is 15.6 Å². The summed E-state index contributed by atoms with van der Waals surface area (Å²) in [5.41, 5.74) is 0.947. The average Bonchev–Trinajstić information content (AvgIpc) is 2.98. The minimum atomic E-state index is -1.28. The second-order valence-corrected chi connectivity index (χ2v) is 9.78. The molecule has 15 heteroatoms. The number of carboxylic acids is 1. The highest BCUT2D eigenvalue weighted by Gasteiger charge is 2.24. The van der Waals surface area contributed by atoms with Gasteiger partial charge in [-0.3, -0.25) is 14.6 Å². The van der Waals surface area contributed by atoms with Crippen molar-refractivity contribution in [2.75, 3.05) is 52.9 Å². The number of hydrogen-bond donors (Lipinski definition) is 3. The van der Waals surface area contributed by atoms with E-state index in [0.29, 0.717) is 37.6 Å². The molecule has 2 heterocycles. The van der Waals surface area contributed by atoms with Crippen molar-refractivity contribution >= 4 is 35.1 Å². The summed E-state index contributed by atoms with van der Waals surface area (Å²) in [7, 11) is 1.52. The Bertz CT molecular complexity index is 1400. The van der Waals surface area contributed by atoms with Crippen LogP contribution in [0.2, 0.25) is 10.0 Å². The Morgan fingerprint density at radius 2 is 1.51 bits per heavy atom. The Labute approximate surface area is 257 Å². The molecule has 0 unspecified atom stereocenters. The maximum atomic E-state index is 13.0. The Hall–Kier alpha value is -3.59. The van der Waals surface area contributed by atoms with E-state index in [1.54, 1.807) is 24.3 Å². The number of aliphatic carboxylic acids is 1. The maximum absolute atomic E-state index is 13.0. The fraction of sp³-hybridized carbons (Fsp3) is 0.393. The fourth-order valence-electron chi connectivity index (χ4n) is 3.82. The van der Waals surface area contributed by atoms with Gasteiger partial charge in [-0.15, -0.1) is 0 Å². The molecule has 3 rings (SSSR count). The van der Waals surface area contributed by atoms with E-state index in [9.17, 15) is 19.5 Å². The van der Waals surface area contributed by atoms with Crippen molar-refractivity contribution in [2.45, 2.75) is 12.5 Å². The number of carbonyl (C=O) groups is 2. The molecule has 0 aliphatic heterocycles. The van der Waals surface area contributed by atoms with E-state index < -0.39 is 17.9 Å². The van der Waals surface area contributed by atoms with Crippen LogP contribution >= 0.6 is 23.2 Å². The number of carboxylic acid groups (broad SMARTS) is 1. The predicted molar refractivity (Wildman–Crippen MR) is 157 cm³/mol. The summed E-state index contributed by atoms with van der Waals surface area (Å²) in [6, 6.07) is 5.36. The third-order valence-electron chi connectivity index (χ3n) is 5.93. The molecule has 0 aliphatic carbocycles. The van der Waals surface area contributed by atoms with Gasteiger partial charge < -0.3 is 34.5 Å². The summed E-state index contributed by atoms with van der Waals surface area (Å²) in [6.07, 6.45) is 3.87. The third kappa shape index (κ3) is 10.3. The highest BCUT2D eigenvalue weighted by molar-refractivity contribution is 6.39.